The molecule has 0 amide bonds. The predicted molar refractivity (Wildman–Crippen MR) is 130 cm³/mol. The second-order valence-electron chi connectivity index (χ2n) is 7.49. The largest absolute Gasteiger partial charge is 0.421 e. The lowest BCUT2D eigenvalue weighted by molar-refractivity contribution is -0.129. The van der Waals surface area contributed by atoms with E-state index >= 15 is 0 Å². The summed E-state index contributed by atoms with van der Waals surface area (Å²) in [7, 11) is 0. The minimum Gasteiger partial charge on any atom is -0.421 e. The number of benzene rings is 4. The standard InChI is InChI=1S/C15H16O2.C14H10O3/c16-14(12-7-3-1-4-8-12)11-15(17)13-9-5-2-6-10-13;15-13(11-7-3-1-4-8-11)14(16)17-12-9-5-2-6-10-12/h1-10,14-17H,11H2;1-10H. The normalized spacial score (nSPS) is 11.9. The van der Waals surface area contributed by atoms with Crippen LogP contribution in [0.15, 0.2) is 121 Å². The van der Waals surface area contributed by atoms with Gasteiger partial charge >= 0.3 is 5.97 Å². The quantitative estimate of drug-likeness (QED) is 0.171. The number of hydrogen-bond acceptors (Lipinski definition) is 5. The maximum Gasteiger partial charge on any atom is 0.385 e. The van der Waals surface area contributed by atoms with Gasteiger partial charge in [-0.2, -0.15) is 0 Å². The summed E-state index contributed by atoms with van der Waals surface area (Å²) in [5, 5.41) is 20.0. The Labute approximate surface area is 198 Å². The van der Waals surface area contributed by atoms with E-state index in [-0.39, 0.29) is 0 Å². The van der Waals surface area contributed by atoms with Crippen LogP contribution in [0.2, 0.25) is 0 Å². The Morgan fingerprint density at radius 3 is 1.41 bits per heavy atom. The number of esters is 1. The van der Waals surface area contributed by atoms with Crippen molar-refractivity contribution >= 4 is 11.8 Å². The summed E-state index contributed by atoms with van der Waals surface area (Å²) in [4.78, 5) is 23.2. The molecule has 0 saturated carbocycles. The lowest BCUT2D eigenvalue weighted by Crippen LogP contribution is -2.20. The Morgan fingerprint density at radius 1 is 0.588 bits per heavy atom. The number of aliphatic hydroxyl groups excluding tert-OH is 2. The third-order valence-corrected chi connectivity index (χ3v) is 4.99. The maximum atomic E-state index is 11.7. The number of carbonyl (C=O) groups is 2. The Balaban J connectivity index is 0.000000191. The van der Waals surface area contributed by atoms with Gasteiger partial charge in [0, 0.05) is 12.0 Å². The molecule has 2 unspecified atom stereocenters. The second kappa shape index (κ2) is 12.8. The summed E-state index contributed by atoms with van der Waals surface area (Å²) >= 11 is 0. The van der Waals surface area contributed by atoms with Crippen molar-refractivity contribution in [2.45, 2.75) is 18.6 Å². The van der Waals surface area contributed by atoms with Crippen LogP contribution in [0.25, 0.3) is 0 Å². The highest BCUT2D eigenvalue weighted by Crippen LogP contribution is 2.25. The van der Waals surface area contributed by atoms with Crippen LogP contribution in [0.3, 0.4) is 0 Å². The van der Waals surface area contributed by atoms with Crippen molar-refractivity contribution in [1.82, 2.24) is 0 Å². The molecule has 2 atom stereocenters. The molecular weight excluding hydrogens is 428 g/mol. The van der Waals surface area contributed by atoms with Gasteiger partial charge in [-0.25, -0.2) is 4.79 Å². The third kappa shape index (κ3) is 7.52. The fraction of sp³-hybridized carbons (Fsp3) is 0.103. The van der Waals surface area contributed by atoms with Crippen LogP contribution >= 0.6 is 0 Å². The smallest absolute Gasteiger partial charge is 0.385 e. The zero-order valence-corrected chi connectivity index (χ0v) is 18.5. The van der Waals surface area contributed by atoms with Gasteiger partial charge in [0.05, 0.1) is 12.2 Å². The maximum absolute atomic E-state index is 11.7. The average Bonchev–Trinajstić information content (AvgIpc) is 2.90. The van der Waals surface area contributed by atoms with Crippen LogP contribution in [0.1, 0.15) is 40.1 Å². The monoisotopic (exact) mass is 454 g/mol. The molecule has 4 rings (SSSR count). The van der Waals surface area contributed by atoms with E-state index in [1.165, 1.54) is 0 Å². The molecule has 0 saturated heterocycles. The van der Waals surface area contributed by atoms with Gasteiger partial charge in [0.25, 0.3) is 5.78 Å². The van der Waals surface area contributed by atoms with E-state index in [1.807, 2.05) is 60.7 Å². The highest BCUT2D eigenvalue weighted by atomic mass is 16.5. The number of Topliss-reactive ketones (excluding diaryl/α,β-unsaturated/α-hetero) is 1. The summed E-state index contributed by atoms with van der Waals surface area (Å²) in [5.41, 5.74) is 2.00. The highest BCUT2D eigenvalue weighted by Gasteiger charge is 2.18. The number of para-hydroxylation sites is 1. The van der Waals surface area contributed by atoms with E-state index in [9.17, 15) is 19.8 Å². The Morgan fingerprint density at radius 2 is 0.971 bits per heavy atom. The van der Waals surface area contributed by atoms with Crippen LogP contribution in [0.5, 0.6) is 5.75 Å². The average molecular weight is 455 g/mol. The molecule has 0 aliphatic heterocycles. The molecule has 0 aliphatic rings. The van der Waals surface area contributed by atoms with Gasteiger partial charge in [-0.15, -0.1) is 0 Å². The van der Waals surface area contributed by atoms with Gasteiger partial charge in [0.2, 0.25) is 0 Å². The first kappa shape index (κ1) is 24.6. The van der Waals surface area contributed by atoms with Crippen molar-refractivity contribution in [2.75, 3.05) is 0 Å². The minimum absolute atomic E-state index is 0.314. The fourth-order valence-electron chi connectivity index (χ4n) is 3.18. The fourth-order valence-corrected chi connectivity index (χ4v) is 3.18. The summed E-state index contributed by atoms with van der Waals surface area (Å²) in [6.45, 7) is 0. The Kier molecular flexibility index (Phi) is 9.29. The second-order valence-corrected chi connectivity index (χ2v) is 7.49. The molecule has 2 N–H and O–H groups in total. The van der Waals surface area contributed by atoms with E-state index in [1.54, 1.807) is 60.7 Å². The van der Waals surface area contributed by atoms with Crippen LogP contribution in [-0.2, 0) is 4.79 Å². The lowest BCUT2D eigenvalue weighted by atomic mass is 9.99. The number of ketones is 1. The molecule has 34 heavy (non-hydrogen) atoms. The molecule has 0 bridgehead atoms. The minimum atomic E-state index is -0.873. The number of hydrogen-bond donors (Lipinski definition) is 2. The number of aliphatic hydroxyl groups is 2. The molecule has 0 aliphatic carbocycles. The predicted octanol–water partition coefficient (Wildman–Crippen LogP) is 5.32. The molecule has 0 aromatic heterocycles. The van der Waals surface area contributed by atoms with Gasteiger partial charge < -0.3 is 14.9 Å². The molecule has 0 fully saturated rings. The van der Waals surface area contributed by atoms with Crippen LogP contribution in [-0.4, -0.2) is 22.0 Å². The molecule has 0 heterocycles. The molecule has 5 nitrogen and oxygen atoms in total. The van der Waals surface area contributed by atoms with Crippen molar-refractivity contribution in [3.05, 3.63) is 138 Å². The van der Waals surface area contributed by atoms with Crippen molar-refractivity contribution in [2.24, 2.45) is 0 Å². The van der Waals surface area contributed by atoms with E-state index < -0.39 is 24.0 Å². The first-order valence-corrected chi connectivity index (χ1v) is 10.9. The van der Waals surface area contributed by atoms with Crippen LogP contribution in [0.4, 0.5) is 0 Å². The topological polar surface area (TPSA) is 83.8 Å². The van der Waals surface area contributed by atoms with Gasteiger partial charge in [-0.1, -0.05) is 109 Å². The lowest BCUT2D eigenvalue weighted by Gasteiger charge is -2.16. The molecule has 4 aromatic carbocycles. The van der Waals surface area contributed by atoms with E-state index in [4.69, 9.17) is 4.74 Å². The molecule has 0 radical (unpaired) electrons. The summed E-state index contributed by atoms with van der Waals surface area (Å²) in [6.07, 6.45) is -0.952. The SMILES string of the molecule is O=C(Oc1ccccc1)C(=O)c1ccccc1.OC(CC(O)c1ccccc1)c1ccccc1. The third-order valence-electron chi connectivity index (χ3n) is 4.99. The zero-order chi connectivity index (χ0) is 24.2. The molecular formula is C29H26O5. The summed E-state index contributed by atoms with van der Waals surface area (Å²) < 4.78 is 4.94. The van der Waals surface area contributed by atoms with Crippen molar-refractivity contribution in [1.29, 1.82) is 0 Å². The zero-order valence-electron chi connectivity index (χ0n) is 18.5. The van der Waals surface area contributed by atoms with Crippen LogP contribution < -0.4 is 4.74 Å². The van der Waals surface area contributed by atoms with Crippen molar-refractivity contribution < 1.29 is 24.5 Å². The highest BCUT2D eigenvalue weighted by molar-refractivity contribution is 6.41. The van der Waals surface area contributed by atoms with Gasteiger partial charge in [0.1, 0.15) is 5.75 Å². The van der Waals surface area contributed by atoms with E-state index in [0.717, 1.165) is 11.1 Å². The summed E-state index contributed by atoms with van der Waals surface area (Å²) in [5.74, 6) is -1.15. The first-order valence-electron chi connectivity index (χ1n) is 10.9. The van der Waals surface area contributed by atoms with Gasteiger partial charge in [-0.3, -0.25) is 4.79 Å². The number of rotatable bonds is 7. The van der Waals surface area contributed by atoms with Gasteiger partial charge in [0.15, 0.2) is 0 Å². The van der Waals surface area contributed by atoms with E-state index in [0.29, 0.717) is 17.7 Å². The summed E-state index contributed by atoms with van der Waals surface area (Å²) in [6, 6.07) is 35.6. The molecule has 4 aromatic rings. The number of carbonyl (C=O) groups excluding carboxylic acids is 2. The van der Waals surface area contributed by atoms with E-state index in [2.05, 4.69) is 0 Å². The van der Waals surface area contributed by atoms with Crippen LogP contribution in [0, 0.1) is 0 Å². The van der Waals surface area contributed by atoms with Crippen molar-refractivity contribution in [3.63, 3.8) is 0 Å². The molecule has 172 valence electrons. The Bertz CT molecular complexity index is 1100. The number of ether oxygens (including phenoxy) is 1. The Hall–Kier alpha value is -4.06. The van der Waals surface area contributed by atoms with Gasteiger partial charge in [-0.05, 0) is 23.3 Å². The van der Waals surface area contributed by atoms with Crippen molar-refractivity contribution in [3.8, 4) is 5.75 Å². The molecule has 0 spiro atoms. The molecule has 5 heteroatoms. The first-order chi connectivity index (χ1) is 16.5.